The Labute approximate surface area is 114 Å². The van der Waals surface area contributed by atoms with Gasteiger partial charge in [0.25, 0.3) is 0 Å². The number of nitrogens with zero attached hydrogens (tertiary/aromatic N) is 4. The van der Waals surface area contributed by atoms with Gasteiger partial charge < -0.3 is 10.2 Å². The predicted octanol–water partition coefficient (Wildman–Crippen LogP) is -0.0686. The van der Waals surface area contributed by atoms with E-state index in [1.54, 1.807) is 0 Å². The molecule has 6 nitrogen and oxygen atoms in total. The highest BCUT2D eigenvalue weighted by atomic mass is 16.2. The number of nitrogens with one attached hydrogen (secondary N) is 1. The first-order valence-electron chi connectivity index (χ1n) is 7.13. The molecule has 0 spiro atoms. The third-order valence-corrected chi connectivity index (χ3v) is 4.01. The topological polar surface area (TPSA) is 62.6 Å². The van der Waals surface area contributed by atoms with Crippen molar-refractivity contribution in [3.63, 3.8) is 0 Å². The molecule has 1 atom stereocenters. The number of nitriles is 1. The van der Waals surface area contributed by atoms with Crippen LogP contribution in [0.2, 0.25) is 0 Å². The average Bonchev–Trinajstić information content (AvgIpc) is 2.85. The van der Waals surface area contributed by atoms with Crippen LogP contribution in [0.3, 0.4) is 0 Å². The Morgan fingerprint density at radius 2 is 2.00 bits per heavy atom. The van der Waals surface area contributed by atoms with Gasteiger partial charge in [-0.15, -0.1) is 0 Å². The molecule has 106 valence electrons. The molecule has 1 N–H and O–H groups in total. The van der Waals surface area contributed by atoms with Crippen LogP contribution < -0.4 is 5.32 Å². The highest BCUT2D eigenvalue weighted by molar-refractivity contribution is 5.76. The molecule has 0 bridgehead atoms. The van der Waals surface area contributed by atoms with Crippen molar-refractivity contribution in [1.82, 2.24) is 20.0 Å². The van der Waals surface area contributed by atoms with Gasteiger partial charge in [0.2, 0.25) is 0 Å². The lowest BCUT2D eigenvalue weighted by atomic mass is 10.2. The van der Waals surface area contributed by atoms with Crippen LogP contribution in [0.15, 0.2) is 0 Å². The van der Waals surface area contributed by atoms with Gasteiger partial charge in [0.1, 0.15) is 0 Å². The third-order valence-electron chi connectivity index (χ3n) is 4.01. The molecule has 0 saturated carbocycles. The fourth-order valence-electron chi connectivity index (χ4n) is 2.72. The van der Waals surface area contributed by atoms with Crippen LogP contribution in [0.1, 0.15) is 13.3 Å². The zero-order valence-corrected chi connectivity index (χ0v) is 11.6. The van der Waals surface area contributed by atoms with E-state index >= 15 is 0 Å². The molecule has 0 radical (unpaired) electrons. The number of carbonyl (C=O) groups excluding carboxylic acids is 1. The van der Waals surface area contributed by atoms with Gasteiger partial charge in [0, 0.05) is 52.4 Å². The second-order valence-corrected chi connectivity index (χ2v) is 5.15. The molecular formula is C13H23N5O. The molecule has 2 aliphatic rings. The first-order valence-corrected chi connectivity index (χ1v) is 7.13. The maximum Gasteiger partial charge on any atom is 0.317 e. The molecule has 0 aliphatic carbocycles. The minimum absolute atomic E-state index is 0.0616. The molecule has 0 aromatic heterocycles. The number of urea groups is 1. The Hall–Kier alpha value is -1.32. The van der Waals surface area contributed by atoms with E-state index < -0.39 is 0 Å². The SMILES string of the molecule is CCC(C#N)N1CCN(CCN2CCNC2=O)CC1. The number of amides is 2. The van der Waals surface area contributed by atoms with Crippen molar-refractivity contribution >= 4 is 6.03 Å². The summed E-state index contributed by atoms with van der Waals surface area (Å²) in [5.41, 5.74) is 0. The highest BCUT2D eigenvalue weighted by Crippen LogP contribution is 2.09. The Balaban J connectivity index is 1.69. The summed E-state index contributed by atoms with van der Waals surface area (Å²) in [6.07, 6.45) is 0.893. The van der Waals surface area contributed by atoms with Gasteiger partial charge in [-0.1, -0.05) is 6.92 Å². The summed E-state index contributed by atoms with van der Waals surface area (Å²) in [5, 5.41) is 11.9. The molecule has 2 aliphatic heterocycles. The van der Waals surface area contributed by atoms with Gasteiger partial charge >= 0.3 is 6.03 Å². The largest absolute Gasteiger partial charge is 0.336 e. The standard InChI is InChI=1S/C13H23N5O/c1-2-12(11-14)17-8-5-16(6-9-17)7-10-18-4-3-15-13(18)19/h12H,2-10H2,1H3,(H,15,19). The van der Waals surface area contributed by atoms with Crippen LogP contribution in [0.25, 0.3) is 0 Å². The summed E-state index contributed by atoms with van der Waals surface area (Å²) in [5.74, 6) is 0. The smallest absolute Gasteiger partial charge is 0.317 e. The van der Waals surface area contributed by atoms with E-state index in [0.717, 1.165) is 58.8 Å². The van der Waals surface area contributed by atoms with Crippen molar-refractivity contribution in [2.75, 3.05) is 52.4 Å². The number of hydrogen-bond acceptors (Lipinski definition) is 4. The van der Waals surface area contributed by atoms with E-state index in [0.29, 0.717) is 0 Å². The monoisotopic (exact) mass is 265 g/mol. The van der Waals surface area contributed by atoms with E-state index in [-0.39, 0.29) is 12.1 Å². The van der Waals surface area contributed by atoms with Crippen molar-refractivity contribution in [1.29, 1.82) is 5.26 Å². The first-order chi connectivity index (χ1) is 9.24. The van der Waals surface area contributed by atoms with Gasteiger partial charge in [0.05, 0.1) is 12.1 Å². The Morgan fingerprint density at radius 1 is 1.26 bits per heavy atom. The number of hydrogen-bond donors (Lipinski definition) is 1. The molecule has 0 aromatic carbocycles. The van der Waals surface area contributed by atoms with Crippen molar-refractivity contribution in [3.8, 4) is 6.07 Å². The van der Waals surface area contributed by atoms with Crippen LogP contribution in [0.5, 0.6) is 0 Å². The second-order valence-electron chi connectivity index (χ2n) is 5.15. The Bertz CT molecular complexity index is 345. The fraction of sp³-hybridized carbons (Fsp3) is 0.846. The van der Waals surface area contributed by atoms with Crippen LogP contribution in [0.4, 0.5) is 4.79 Å². The van der Waals surface area contributed by atoms with Gasteiger partial charge in [-0.2, -0.15) is 5.26 Å². The molecule has 2 rings (SSSR count). The molecule has 2 heterocycles. The molecule has 2 saturated heterocycles. The zero-order valence-electron chi connectivity index (χ0n) is 11.6. The normalized spacial score (nSPS) is 23.2. The lowest BCUT2D eigenvalue weighted by Crippen LogP contribution is -2.51. The fourth-order valence-corrected chi connectivity index (χ4v) is 2.72. The van der Waals surface area contributed by atoms with E-state index in [1.165, 1.54) is 0 Å². The van der Waals surface area contributed by atoms with E-state index in [2.05, 4.69) is 28.1 Å². The molecule has 2 amide bonds. The first kappa shape index (κ1) is 14.1. The average molecular weight is 265 g/mol. The zero-order chi connectivity index (χ0) is 13.7. The summed E-state index contributed by atoms with van der Waals surface area (Å²) in [4.78, 5) is 17.9. The minimum atomic E-state index is 0.0616. The van der Waals surface area contributed by atoms with Gasteiger partial charge in [-0.3, -0.25) is 9.80 Å². The molecule has 2 fully saturated rings. The quantitative estimate of drug-likeness (QED) is 0.756. The van der Waals surface area contributed by atoms with Crippen molar-refractivity contribution < 1.29 is 4.79 Å². The maximum atomic E-state index is 11.4. The second kappa shape index (κ2) is 6.73. The molecule has 6 heteroatoms. The highest BCUT2D eigenvalue weighted by Gasteiger charge is 2.24. The van der Waals surface area contributed by atoms with Gasteiger partial charge in [-0.05, 0) is 6.42 Å². The van der Waals surface area contributed by atoms with Crippen LogP contribution in [-0.2, 0) is 0 Å². The van der Waals surface area contributed by atoms with Crippen molar-refractivity contribution in [2.24, 2.45) is 0 Å². The van der Waals surface area contributed by atoms with E-state index in [1.807, 2.05) is 4.90 Å². The lowest BCUT2D eigenvalue weighted by Gasteiger charge is -2.37. The number of rotatable bonds is 5. The van der Waals surface area contributed by atoms with Crippen molar-refractivity contribution in [3.05, 3.63) is 0 Å². The maximum absolute atomic E-state index is 11.4. The molecule has 19 heavy (non-hydrogen) atoms. The van der Waals surface area contributed by atoms with Crippen molar-refractivity contribution in [2.45, 2.75) is 19.4 Å². The minimum Gasteiger partial charge on any atom is -0.336 e. The third kappa shape index (κ3) is 3.58. The van der Waals surface area contributed by atoms with Crippen LogP contribution in [-0.4, -0.2) is 79.1 Å². The summed E-state index contributed by atoms with van der Waals surface area (Å²) in [7, 11) is 0. The van der Waals surface area contributed by atoms with Gasteiger partial charge in [0.15, 0.2) is 0 Å². The Kier molecular flexibility index (Phi) is 5.00. The summed E-state index contributed by atoms with van der Waals surface area (Å²) < 4.78 is 0. The van der Waals surface area contributed by atoms with Crippen LogP contribution >= 0.6 is 0 Å². The number of carbonyl (C=O) groups is 1. The summed E-state index contributed by atoms with van der Waals surface area (Å²) in [6.45, 7) is 9.30. The van der Waals surface area contributed by atoms with Gasteiger partial charge in [-0.25, -0.2) is 4.79 Å². The molecule has 1 unspecified atom stereocenters. The van der Waals surface area contributed by atoms with E-state index in [9.17, 15) is 4.79 Å². The molecular weight excluding hydrogens is 242 g/mol. The predicted molar refractivity (Wildman–Crippen MR) is 72.7 cm³/mol. The summed E-state index contributed by atoms with van der Waals surface area (Å²) >= 11 is 0. The van der Waals surface area contributed by atoms with E-state index in [4.69, 9.17) is 5.26 Å². The number of piperazine rings is 1. The molecule has 0 aromatic rings. The van der Waals surface area contributed by atoms with Crippen LogP contribution in [0, 0.1) is 11.3 Å². The lowest BCUT2D eigenvalue weighted by molar-refractivity contribution is 0.107. The Morgan fingerprint density at radius 3 is 2.53 bits per heavy atom. The summed E-state index contributed by atoms with van der Waals surface area (Å²) in [6, 6.07) is 2.49.